The van der Waals surface area contributed by atoms with Crippen LogP contribution < -0.4 is 0 Å². The van der Waals surface area contributed by atoms with Crippen molar-refractivity contribution in [1.29, 1.82) is 0 Å². The maximum atomic E-state index is 11.8. The van der Waals surface area contributed by atoms with Gasteiger partial charge in [-0.05, 0) is 24.5 Å². The van der Waals surface area contributed by atoms with E-state index in [4.69, 9.17) is 5.48 Å². The van der Waals surface area contributed by atoms with Gasteiger partial charge >= 0.3 is 5.38 Å². The summed E-state index contributed by atoms with van der Waals surface area (Å²) < 4.78 is 49.8. The Morgan fingerprint density at radius 2 is 2.57 bits per heavy atom. The molecule has 3 heteroatoms. The molecule has 0 saturated heterocycles. The van der Waals surface area contributed by atoms with Gasteiger partial charge in [-0.3, -0.25) is 0 Å². The van der Waals surface area contributed by atoms with E-state index >= 15 is 0 Å². The van der Waals surface area contributed by atoms with Crippen molar-refractivity contribution in [2.45, 2.75) is 12.2 Å². The summed E-state index contributed by atoms with van der Waals surface area (Å²) in [4.78, 5) is 0. The van der Waals surface area contributed by atoms with Crippen LogP contribution in [0, 0.1) is 0 Å². The summed E-state index contributed by atoms with van der Waals surface area (Å²) in [6, 6.07) is -1.16. The molecule has 7 heavy (non-hydrogen) atoms. The number of hydrogen-bond donors (Lipinski definition) is 0. The van der Waals surface area contributed by atoms with Gasteiger partial charge in [0, 0.05) is 4.11 Å². The number of halogens is 3. The van der Waals surface area contributed by atoms with Crippen LogP contribution in [-0.2, 0) is 0 Å². The fraction of sp³-hybridized carbons (Fsp3) is 0.500. The second-order valence-corrected chi connectivity index (χ2v) is 1.33. The molecule has 0 saturated carbocycles. The first-order valence-corrected chi connectivity index (χ1v) is 1.77. The Morgan fingerprint density at radius 3 is 2.71 bits per heavy atom. The molecule has 0 unspecified atom stereocenters. The van der Waals surface area contributed by atoms with E-state index in [1.54, 1.807) is 0 Å². The molecular weight excluding hydrogens is 121 g/mol. The quantitative estimate of drug-likeness (QED) is 0.378. The summed E-state index contributed by atoms with van der Waals surface area (Å²) in [5.41, 5.74) is 0. The Bertz CT molecular complexity index is 168. The van der Waals surface area contributed by atoms with Gasteiger partial charge in [-0.1, -0.05) is 6.05 Å². The minimum absolute atomic E-state index is 0.110. The van der Waals surface area contributed by atoms with Crippen molar-refractivity contribution in [3.05, 3.63) is 12.1 Å². The lowest BCUT2D eigenvalue weighted by Crippen LogP contribution is -1.97. The summed E-state index contributed by atoms with van der Waals surface area (Å²) >= 11 is 4.35. The fourth-order valence-corrected chi connectivity index (χ4v) is 0.136. The van der Waals surface area contributed by atoms with Crippen molar-refractivity contribution in [2.75, 3.05) is 0 Å². The van der Waals surface area contributed by atoms with Gasteiger partial charge in [0.25, 0.3) is 0 Å². The normalized spacial score (nSPS) is 24.7. The number of hydrogen-bond acceptors (Lipinski definition) is 0. The SMILES string of the molecule is [2H]/C(=C\C(F)(F)Cl)C([2H])([2H])[2H]. The maximum Gasteiger partial charge on any atom is 0.341 e. The van der Waals surface area contributed by atoms with Crippen molar-refractivity contribution in [1.82, 2.24) is 0 Å². The smallest absolute Gasteiger partial charge is 0.184 e. The molecule has 0 nitrogen and oxygen atoms in total. The molecule has 0 spiro atoms. The van der Waals surface area contributed by atoms with Gasteiger partial charge in [-0.2, -0.15) is 8.78 Å². The predicted molar refractivity (Wildman–Crippen MR) is 25.6 cm³/mol. The highest BCUT2D eigenvalue weighted by atomic mass is 35.5. The number of alkyl halides is 3. The third-order valence-corrected chi connectivity index (χ3v) is 0.345. The van der Waals surface area contributed by atoms with Gasteiger partial charge in [0.15, 0.2) is 0 Å². The van der Waals surface area contributed by atoms with Crippen LogP contribution in [0.1, 0.15) is 12.3 Å². The fourth-order valence-electron chi connectivity index (χ4n) is 0.0818. The Kier molecular flexibility index (Phi) is 0.790. The zero-order valence-electron chi connectivity index (χ0n) is 7.21. The van der Waals surface area contributed by atoms with Gasteiger partial charge in [0.1, 0.15) is 0 Å². The zero-order chi connectivity index (χ0) is 9.28. The van der Waals surface area contributed by atoms with Crippen LogP contribution in [0.15, 0.2) is 12.1 Å². The van der Waals surface area contributed by atoms with E-state index in [0.29, 0.717) is 0 Å². The van der Waals surface area contributed by atoms with Gasteiger partial charge in [0.2, 0.25) is 0 Å². The molecule has 0 radical (unpaired) electrons. The molecule has 0 aliphatic heterocycles. The molecule has 0 aromatic carbocycles. The summed E-state index contributed by atoms with van der Waals surface area (Å²) in [6.07, 6.45) is -0.110. The van der Waals surface area contributed by atoms with Crippen LogP contribution >= 0.6 is 11.6 Å². The predicted octanol–water partition coefficient (Wildman–Crippen LogP) is 2.39. The zero-order valence-corrected chi connectivity index (χ0v) is 3.97. The van der Waals surface area contributed by atoms with Gasteiger partial charge in [-0.25, -0.2) is 0 Å². The molecule has 42 valence electrons. The van der Waals surface area contributed by atoms with Gasteiger partial charge in [0.05, 0.1) is 1.37 Å². The van der Waals surface area contributed by atoms with Gasteiger partial charge in [-0.15, -0.1) is 0 Å². The van der Waals surface area contributed by atoms with E-state index in [9.17, 15) is 8.78 Å². The third-order valence-electron chi connectivity index (χ3n) is 0.236. The summed E-state index contributed by atoms with van der Waals surface area (Å²) in [5, 5.41) is -3.76. The van der Waals surface area contributed by atoms with Crippen LogP contribution in [-0.4, -0.2) is 5.38 Å². The van der Waals surface area contributed by atoms with Crippen LogP contribution in [0.2, 0.25) is 0 Å². The topological polar surface area (TPSA) is 0 Å². The Hall–Kier alpha value is -0.110. The summed E-state index contributed by atoms with van der Waals surface area (Å²) in [5.74, 6) is 0. The Balaban J connectivity index is 4.49. The lowest BCUT2D eigenvalue weighted by atomic mass is 10.5. The summed E-state index contributed by atoms with van der Waals surface area (Å²) in [6.45, 7) is -2.82. The first kappa shape index (κ1) is 2.44. The minimum atomic E-state index is -3.76. The molecule has 0 aliphatic rings. The average Bonchev–Trinajstić information content (AvgIpc) is 1.56. The Morgan fingerprint density at radius 1 is 2.00 bits per heavy atom. The first-order chi connectivity index (χ1) is 4.63. The Labute approximate surface area is 51.4 Å². The van der Waals surface area contributed by atoms with Crippen molar-refractivity contribution in [2.24, 2.45) is 0 Å². The van der Waals surface area contributed by atoms with E-state index in [-0.39, 0.29) is 6.08 Å². The molecule has 0 N–H and O–H groups in total. The van der Waals surface area contributed by atoms with E-state index in [1.165, 1.54) is 0 Å². The largest absolute Gasteiger partial charge is 0.341 e. The molecular formula is C4H5ClF2. The van der Waals surface area contributed by atoms with E-state index < -0.39 is 18.3 Å². The standard InChI is InChI=1S/C4H5ClF2/c1-2-3-4(5,6)7/h2-3H,1H3/b3-2+/i1D3,2D. The molecule has 0 aromatic heterocycles. The lowest BCUT2D eigenvalue weighted by molar-refractivity contribution is 0.153. The first-order valence-electron chi connectivity index (χ1n) is 3.39. The van der Waals surface area contributed by atoms with Crippen LogP contribution in [0.25, 0.3) is 0 Å². The molecule has 0 atom stereocenters. The van der Waals surface area contributed by atoms with Crippen molar-refractivity contribution in [3.63, 3.8) is 0 Å². The number of rotatable bonds is 1. The van der Waals surface area contributed by atoms with Crippen LogP contribution in [0.3, 0.4) is 0 Å². The highest BCUT2D eigenvalue weighted by Crippen LogP contribution is 2.19. The summed E-state index contributed by atoms with van der Waals surface area (Å²) in [7, 11) is 0. The van der Waals surface area contributed by atoms with Crippen molar-refractivity contribution >= 4 is 11.6 Å². The third kappa shape index (κ3) is 5.89. The lowest BCUT2D eigenvalue weighted by Gasteiger charge is -1.95. The molecule has 0 bridgehead atoms. The molecule has 0 aromatic rings. The monoisotopic (exact) mass is 130 g/mol. The van der Waals surface area contributed by atoms with E-state index in [2.05, 4.69) is 11.6 Å². The van der Waals surface area contributed by atoms with E-state index in [1.807, 2.05) is 0 Å². The van der Waals surface area contributed by atoms with Crippen LogP contribution in [0.5, 0.6) is 0 Å². The maximum absolute atomic E-state index is 11.8. The second kappa shape index (κ2) is 2.26. The highest BCUT2D eigenvalue weighted by Gasteiger charge is 2.17. The molecule has 0 aliphatic carbocycles. The van der Waals surface area contributed by atoms with E-state index in [0.717, 1.165) is 0 Å². The molecule has 0 fully saturated rings. The van der Waals surface area contributed by atoms with Crippen molar-refractivity contribution in [3.8, 4) is 0 Å². The van der Waals surface area contributed by atoms with Crippen LogP contribution in [0.4, 0.5) is 8.78 Å². The molecule has 0 rings (SSSR count). The molecule has 0 heterocycles. The molecule has 0 amide bonds. The minimum Gasteiger partial charge on any atom is -0.184 e. The second-order valence-electron chi connectivity index (χ2n) is 0.830. The average molecular weight is 131 g/mol. The number of allylic oxidation sites excluding steroid dienone is 2. The van der Waals surface area contributed by atoms with Gasteiger partial charge < -0.3 is 0 Å². The highest BCUT2D eigenvalue weighted by molar-refractivity contribution is 6.22. The van der Waals surface area contributed by atoms with Crippen molar-refractivity contribution < 1.29 is 14.3 Å².